The van der Waals surface area contributed by atoms with Crippen LogP contribution in [0.15, 0.2) is 63.2 Å². The number of carbonyl (C=O) groups excluding carboxylic acids is 3. The fraction of sp³-hybridized carbons (Fsp3) is 0.250. The fourth-order valence-corrected chi connectivity index (χ4v) is 8.36. The molecule has 198 valence electrons. The number of hydrogen-bond acceptors (Lipinski definition) is 8. The van der Waals surface area contributed by atoms with Gasteiger partial charge in [0.25, 0.3) is 0 Å². The highest BCUT2D eigenvalue weighted by molar-refractivity contribution is 8.00. The quantitative estimate of drug-likeness (QED) is 0.433. The van der Waals surface area contributed by atoms with Crippen LogP contribution in [0.3, 0.4) is 0 Å². The van der Waals surface area contributed by atoms with E-state index in [1.54, 1.807) is 24.3 Å². The second-order valence-corrected chi connectivity index (χ2v) is 13.5. The Balaban J connectivity index is 1.42. The number of sulfonamides is 1. The molecule has 1 saturated heterocycles. The molecule has 3 aromatic rings. The van der Waals surface area contributed by atoms with Crippen molar-refractivity contribution in [3.63, 3.8) is 0 Å². The van der Waals surface area contributed by atoms with E-state index in [1.165, 1.54) is 28.8 Å². The second-order valence-electron chi connectivity index (χ2n) is 9.43. The van der Waals surface area contributed by atoms with E-state index in [9.17, 15) is 27.6 Å². The number of fused-ring (bicyclic) bond motifs is 2. The third-order valence-electron chi connectivity index (χ3n) is 6.56. The lowest BCUT2D eigenvalue weighted by molar-refractivity contribution is -0.123. The van der Waals surface area contributed by atoms with E-state index in [4.69, 9.17) is 16.7 Å². The van der Waals surface area contributed by atoms with Crippen molar-refractivity contribution in [2.24, 2.45) is 11.1 Å². The number of rotatable bonds is 5. The highest BCUT2D eigenvalue weighted by Crippen LogP contribution is 2.54. The molecule has 2 aliphatic heterocycles. The molecule has 2 aliphatic rings. The zero-order valence-corrected chi connectivity index (χ0v) is 23.2. The van der Waals surface area contributed by atoms with Gasteiger partial charge < -0.3 is 5.32 Å². The van der Waals surface area contributed by atoms with Crippen LogP contribution in [0.4, 0.5) is 11.4 Å². The summed E-state index contributed by atoms with van der Waals surface area (Å²) in [5, 5.41) is 7.91. The number of hydrogen-bond donors (Lipinski definition) is 2. The average molecular weight is 593 g/mol. The first-order chi connectivity index (χ1) is 17.8. The van der Waals surface area contributed by atoms with Gasteiger partial charge in [0, 0.05) is 21.0 Å². The van der Waals surface area contributed by atoms with E-state index in [1.807, 2.05) is 13.8 Å². The molecule has 3 N–H and O–H groups in total. The minimum absolute atomic E-state index is 0.102. The van der Waals surface area contributed by atoms with Crippen molar-refractivity contribution in [2.45, 2.75) is 41.0 Å². The normalized spacial score (nSPS) is 20.3. The first-order valence-electron chi connectivity index (χ1n) is 11.3. The Hall–Kier alpha value is -2.97. The van der Waals surface area contributed by atoms with Gasteiger partial charge in [-0.2, -0.15) is 0 Å². The van der Waals surface area contributed by atoms with E-state index >= 15 is 0 Å². The van der Waals surface area contributed by atoms with E-state index < -0.39 is 38.4 Å². The molecule has 0 spiro atoms. The molecule has 2 atom stereocenters. The maximum Gasteiger partial charge on any atom is 0.308 e. The zero-order valence-electron chi connectivity index (χ0n) is 20.0. The number of anilines is 2. The molecular formula is C24H21ClN4O6S3. The molecule has 0 bridgehead atoms. The van der Waals surface area contributed by atoms with Crippen LogP contribution in [0, 0.1) is 5.92 Å². The third-order valence-corrected chi connectivity index (χ3v) is 10.6. The van der Waals surface area contributed by atoms with E-state index in [0.29, 0.717) is 26.3 Å². The number of nitrogens with two attached hydrogens (primary N) is 1. The standard InChI is InChI=1S/C24H21ClN4O6S3/c1-24(2)17-18(21(32)29(20(17)31)14-7-3-12(25)4-8-14)36-22-19(24)37-23(33)28(22)11-16(30)27-13-5-9-15(10-6-13)38(26,34)35/h3-10,17-18H,11H2,1-2H3,(H,27,30)(H2,26,34,35). The first-order valence-corrected chi connectivity index (χ1v) is 14.9. The Bertz CT molecular complexity index is 1650. The van der Waals surface area contributed by atoms with Gasteiger partial charge in [0.15, 0.2) is 0 Å². The van der Waals surface area contributed by atoms with Gasteiger partial charge >= 0.3 is 4.87 Å². The molecule has 1 aromatic heterocycles. The summed E-state index contributed by atoms with van der Waals surface area (Å²) >= 11 is 8.04. The summed E-state index contributed by atoms with van der Waals surface area (Å²) in [7, 11) is -3.88. The van der Waals surface area contributed by atoms with Crippen LogP contribution >= 0.6 is 34.7 Å². The summed E-state index contributed by atoms with van der Waals surface area (Å²) in [4.78, 5) is 54.0. The molecule has 14 heteroatoms. The summed E-state index contributed by atoms with van der Waals surface area (Å²) in [5.41, 5.74) is -0.0968. The van der Waals surface area contributed by atoms with Crippen LogP contribution in [-0.2, 0) is 36.4 Å². The summed E-state index contributed by atoms with van der Waals surface area (Å²) in [6.07, 6.45) is 0. The number of amides is 3. The van der Waals surface area contributed by atoms with Crippen LogP contribution < -0.4 is 20.2 Å². The maximum atomic E-state index is 13.5. The number of thiazole rings is 1. The lowest BCUT2D eigenvalue weighted by Gasteiger charge is -2.36. The van der Waals surface area contributed by atoms with E-state index in [-0.39, 0.29) is 22.2 Å². The third kappa shape index (κ3) is 4.47. The van der Waals surface area contributed by atoms with Crippen molar-refractivity contribution >= 4 is 73.8 Å². The van der Waals surface area contributed by atoms with Gasteiger partial charge in [-0.05, 0) is 48.5 Å². The lowest BCUT2D eigenvalue weighted by atomic mass is 9.76. The van der Waals surface area contributed by atoms with Crippen molar-refractivity contribution in [1.82, 2.24) is 4.57 Å². The zero-order chi connectivity index (χ0) is 27.6. The van der Waals surface area contributed by atoms with Crippen molar-refractivity contribution in [2.75, 3.05) is 10.2 Å². The van der Waals surface area contributed by atoms with Crippen molar-refractivity contribution in [1.29, 1.82) is 0 Å². The molecule has 0 saturated carbocycles. The number of halogens is 1. The number of imide groups is 1. The predicted octanol–water partition coefficient (Wildman–Crippen LogP) is 2.79. The molecule has 1 fully saturated rings. The number of carbonyl (C=O) groups is 3. The number of primary sulfonamides is 1. The number of nitrogens with one attached hydrogen (secondary N) is 1. The molecular weight excluding hydrogens is 572 g/mol. The van der Waals surface area contributed by atoms with Crippen LogP contribution in [0.1, 0.15) is 18.7 Å². The summed E-state index contributed by atoms with van der Waals surface area (Å²) in [6.45, 7) is 3.32. The van der Waals surface area contributed by atoms with Crippen molar-refractivity contribution in [3.05, 3.63) is 68.1 Å². The molecule has 2 unspecified atom stereocenters. The molecule has 2 aromatic carbocycles. The van der Waals surface area contributed by atoms with Gasteiger partial charge in [-0.3, -0.25) is 23.7 Å². The number of thioether (sulfide) groups is 1. The topological polar surface area (TPSA) is 149 Å². The number of benzene rings is 2. The van der Waals surface area contributed by atoms with Crippen molar-refractivity contribution < 1.29 is 22.8 Å². The summed E-state index contributed by atoms with van der Waals surface area (Å²) < 4.78 is 24.2. The molecule has 3 amide bonds. The highest BCUT2D eigenvalue weighted by atomic mass is 35.5. The Kier molecular flexibility index (Phi) is 6.55. The Morgan fingerprint density at radius 3 is 2.29 bits per heavy atom. The largest absolute Gasteiger partial charge is 0.325 e. The predicted molar refractivity (Wildman–Crippen MR) is 145 cm³/mol. The van der Waals surface area contributed by atoms with Gasteiger partial charge in [-0.25, -0.2) is 18.5 Å². The molecule has 0 radical (unpaired) electrons. The Morgan fingerprint density at radius 2 is 1.68 bits per heavy atom. The number of nitrogens with zero attached hydrogens (tertiary/aromatic N) is 2. The smallest absolute Gasteiger partial charge is 0.308 e. The second kappa shape index (κ2) is 9.35. The SMILES string of the molecule is CC1(C)c2sc(=O)n(CC(=O)Nc3ccc(S(N)(=O)=O)cc3)c2SC2C(=O)N(c3ccc(Cl)cc3)C(=O)C21. The Labute approximate surface area is 230 Å². The van der Waals surface area contributed by atoms with Crippen LogP contribution in [0.5, 0.6) is 0 Å². The average Bonchev–Trinajstić information content (AvgIpc) is 3.28. The monoisotopic (exact) mass is 592 g/mol. The van der Waals surface area contributed by atoms with Gasteiger partial charge in [0.1, 0.15) is 11.8 Å². The maximum absolute atomic E-state index is 13.5. The van der Waals surface area contributed by atoms with Crippen molar-refractivity contribution in [3.8, 4) is 0 Å². The molecule has 5 rings (SSSR count). The molecule has 0 aliphatic carbocycles. The fourth-order valence-electron chi connectivity index (χ4n) is 4.68. The van der Waals surface area contributed by atoms with E-state index in [2.05, 4.69) is 5.32 Å². The summed E-state index contributed by atoms with van der Waals surface area (Å²) in [5.74, 6) is -1.96. The summed E-state index contributed by atoms with van der Waals surface area (Å²) in [6, 6.07) is 11.7. The van der Waals surface area contributed by atoms with Crippen LogP contribution in [0.25, 0.3) is 0 Å². The number of aromatic nitrogens is 1. The van der Waals surface area contributed by atoms with Gasteiger partial charge in [0.2, 0.25) is 27.7 Å². The molecule has 10 nitrogen and oxygen atoms in total. The van der Waals surface area contributed by atoms with Gasteiger partial charge in [-0.1, -0.05) is 48.5 Å². The minimum Gasteiger partial charge on any atom is -0.325 e. The molecule has 38 heavy (non-hydrogen) atoms. The van der Waals surface area contributed by atoms with Gasteiger partial charge in [0.05, 0.1) is 21.5 Å². The Morgan fingerprint density at radius 1 is 1.05 bits per heavy atom. The van der Waals surface area contributed by atoms with Crippen LogP contribution in [0.2, 0.25) is 5.02 Å². The molecule has 3 heterocycles. The van der Waals surface area contributed by atoms with Gasteiger partial charge in [-0.15, -0.1) is 0 Å². The highest BCUT2D eigenvalue weighted by Gasteiger charge is 2.59. The lowest BCUT2D eigenvalue weighted by Crippen LogP contribution is -2.41. The minimum atomic E-state index is -3.88. The van der Waals surface area contributed by atoms with E-state index in [0.717, 1.165) is 28.0 Å². The first kappa shape index (κ1) is 26.6. The van der Waals surface area contributed by atoms with Crippen LogP contribution in [-0.4, -0.2) is 36.0 Å².